The Morgan fingerprint density at radius 3 is 2.85 bits per heavy atom. The zero-order chi connectivity index (χ0) is 14.4. The summed E-state index contributed by atoms with van der Waals surface area (Å²) in [7, 11) is 0. The first-order valence-electron chi connectivity index (χ1n) is 5.58. The molecule has 0 aliphatic carbocycles. The number of hydrogen-bond acceptors (Lipinski definition) is 4. The monoisotopic (exact) mass is 372 g/mol. The molecule has 4 nitrogen and oxygen atoms in total. The van der Waals surface area contributed by atoms with Crippen LogP contribution in [0, 0.1) is 0 Å². The van der Waals surface area contributed by atoms with E-state index in [2.05, 4.69) is 26.5 Å². The molecule has 1 aromatic heterocycles. The molecule has 1 aromatic carbocycles. The van der Waals surface area contributed by atoms with Gasteiger partial charge in [-0.05, 0) is 46.3 Å². The van der Waals surface area contributed by atoms with E-state index in [-0.39, 0.29) is 12.5 Å². The number of carbonyl (C=O) groups is 1. The van der Waals surface area contributed by atoms with Crippen molar-refractivity contribution in [2.24, 2.45) is 5.10 Å². The predicted molar refractivity (Wildman–Crippen MR) is 84.7 cm³/mol. The van der Waals surface area contributed by atoms with Gasteiger partial charge in [0.1, 0.15) is 5.75 Å². The zero-order valence-corrected chi connectivity index (χ0v) is 13.3. The Bertz CT molecular complexity index is 613. The van der Waals surface area contributed by atoms with Crippen LogP contribution in [-0.4, -0.2) is 18.7 Å². The van der Waals surface area contributed by atoms with Gasteiger partial charge in [0.05, 0.1) is 6.21 Å². The van der Waals surface area contributed by atoms with E-state index in [0.29, 0.717) is 10.8 Å². The van der Waals surface area contributed by atoms with E-state index in [4.69, 9.17) is 16.3 Å². The summed E-state index contributed by atoms with van der Waals surface area (Å²) in [6.45, 7) is -0.104. The van der Waals surface area contributed by atoms with E-state index in [1.165, 1.54) is 11.3 Å². The second-order valence-electron chi connectivity index (χ2n) is 3.70. The minimum atomic E-state index is -0.327. The lowest BCUT2D eigenvalue weighted by Crippen LogP contribution is -2.24. The van der Waals surface area contributed by atoms with Gasteiger partial charge in [-0.1, -0.05) is 11.6 Å². The Kier molecular flexibility index (Phi) is 5.58. The van der Waals surface area contributed by atoms with Crippen molar-refractivity contribution >= 4 is 51.0 Å². The highest BCUT2D eigenvalue weighted by Gasteiger charge is 2.01. The molecule has 0 aliphatic rings. The summed E-state index contributed by atoms with van der Waals surface area (Å²) in [6, 6.07) is 8.69. The van der Waals surface area contributed by atoms with Crippen molar-refractivity contribution in [2.45, 2.75) is 0 Å². The first-order chi connectivity index (χ1) is 9.63. The van der Waals surface area contributed by atoms with Crippen LogP contribution in [0.2, 0.25) is 5.02 Å². The molecule has 0 bridgehead atoms. The molecule has 1 N–H and O–H groups in total. The third kappa shape index (κ3) is 4.96. The molecule has 0 saturated heterocycles. The average Bonchev–Trinajstić information content (AvgIpc) is 2.84. The topological polar surface area (TPSA) is 50.7 Å². The maximum Gasteiger partial charge on any atom is 0.277 e. The van der Waals surface area contributed by atoms with E-state index in [1.54, 1.807) is 30.5 Å². The second kappa shape index (κ2) is 7.42. The first kappa shape index (κ1) is 15.0. The summed E-state index contributed by atoms with van der Waals surface area (Å²) in [4.78, 5) is 12.4. The number of thiophene rings is 1. The molecule has 0 fully saturated rings. The van der Waals surface area contributed by atoms with Gasteiger partial charge in [-0.2, -0.15) is 5.10 Å². The van der Waals surface area contributed by atoms with E-state index < -0.39 is 0 Å². The number of hydrogen-bond donors (Lipinski definition) is 1. The standard InChI is InChI=1S/C13H10BrClN2O2S/c14-9-5-12(20-8-9)6-16-17-13(18)7-19-11-3-1-10(15)2-4-11/h1-6,8H,7H2,(H,17,18)/b16-6+. The molecule has 1 amide bonds. The van der Waals surface area contributed by atoms with Gasteiger partial charge in [-0.15, -0.1) is 11.3 Å². The Balaban J connectivity index is 1.75. The maximum atomic E-state index is 11.5. The SMILES string of the molecule is O=C(COc1ccc(Cl)cc1)N/N=C/c1cc(Br)cs1. The largest absolute Gasteiger partial charge is 0.484 e. The molecule has 0 saturated carbocycles. The number of hydrazone groups is 1. The van der Waals surface area contributed by atoms with Gasteiger partial charge in [0.15, 0.2) is 6.61 Å². The van der Waals surface area contributed by atoms with Crippen LogP contribution >= 0.6 is 38.9 Å². The van der Waals surface area contributed by atoms with Crippen LogP contribution in [0.5, 0.6) is 5.75 Å². The van der Waals surface area contributed by atoms with E-state index in [9.17, 15) is 4.79 Å². The average molecular weight is 374 g/mol. The van der Waals surface area contributed by atoms with Gasteiger partial charge in [0, 0.05) is 19.8 Å². The summed E-state index contributed by atoms with van der Waals surface area (Å²) < 4.78 is 6.27. The van der Waals surface area contributed by atoms with Crippen molar-refractivity contribution in [3.8, 4) is 5.75 Å². The van der Waals surface area contributed by atoms with Gasteiger partial charge in [0.2, 0.25) is 0 Å². The van der Waals surface area contributed by atoms with E-state index in [0.717, 1.165) is 9.35 Å². The van der Waals surface area contributed by atoms with Gasteiger partial charge in [0.25, 0.3) is 5.91 Å². The predicted octanol–water partition coefficient (Wildman–Crippen LogP) is 3.69. The summed E-state index contributed by atoms with van der Waals surface area (Å²) in [6.07, 6.45) is 1.58. The molecule has 0 atom stereocenters. The van der Waals surface area contributed by atoms with Gasteiger partial charge in [-0.3, -0.25) is 4.79 Å². The van der Waals surface area contributed by atoms with E-state index >= 15 is 0 Å². The molecular weight excluding hydrogens is 364 g/mol. The lowest BCUT2D eigenvalue weighted by Gasteiger charge is -2.04. The number of halogens is 2. The first-order valence-corrected chi connectivity index (χ1v) is 7.63. The van der Waals surface area contributed by atoms with Crippen molar-refractivity contribution in [2.75, 3.05) is 6.61 Å². The Morgan fingerprint density at radius 2 is 2.20 bits per heavy atom. The number of ether oxygens (including phenoxy) is 1. The number of nitrogens with zero attached hydrogens (tertiary/aromatic N) is 1. The van der Waals surface area contributed by atoms with Crippen molar-refractivity contribution < 1.29 is 9.53 Å². The Morgan fingerprint density at radius 1 is 1.45 bits per heavy atom. The normalized spacial score (nSPS) is 10.7. The molecule has 104 valence electrons. The van der Waals surface area contributed by atoms with Crippen molar-refractivity contribution in [3.63, 3.8) is 0 Å². The molecule has 2 rings (SSSR count). The highest BCUT2D eigenvalue weighted by molar-refractivity contribution is 9.10. The molecule has 0 radical (unpaired) electrons. The minimum Gasteiger partial charge on any atom is -0.484 e. The molecule has 7 heteroatoms. The van der Waals surface area contributed by atoms with Crippen LogP contribution in [0.1, 0.15) is 4.88 Å². The summed E-state index contributed by atoms with van der Waals surface area (Å²) >= 11 is 10.6. The third-order valence-corrected chi connectivity index (χ3v) is 4.03. The quantitative estimate of drug-likeness (QED) is 0.642. The maximum absolute atomic E-state index is 11.5. The minimum absolute atomic E-state index is 0.104. The number of benzene rings is 1. The van der Waals surface area contributed by atoms with Crippen LogP contribution in [0.3, 0.4) is 0 Å². The molecule has 0 spiro atoms. The molecule has 2 aromatic rings. The highest BCUT2D eigenvalue weighted by Crippen LogP contribution is 2.17. The van der Waals surface area contributed by atoms with Crippen molar-refractivity contribution in [3.05, 3.63) is 50.1 Å². The fourth-order valence-corrected chi connectivity index (χ4v) is 2.71. The molecule has 1 heterocycles. The molecule has 20 heavy (non-hydrogen) atoms. The summed E-state index contributed by atoms with van der Waals surface area (Å²) in [5.74, 6) is 0.252. The number of amides is 1. The van der Waals surface area contributed by atoms with Crippen LogP contribution < -0.4 is 10.2 Å². The Hall–Kier alpha value is -1.37. The molecule has 0 aliphatic heterocycles. The second-order valence-corrected chi connectivity index (χ2v) is 6.00. The fourth-order valence-electron chi connectivity index (χ4n) is 1.28. The van der Waals surface area contributed by atoms with Crippen molar-refractivity contribution in [1.82, 2.24) is 5.43 Å². The zero-order valence-electron chi connectivity index (χ0n) is 10.2. The molecular formula is C13H10BrClN2O2S. The Labute approximate surface area is 133 Å². The highest BCUT2D eigenvalue weighted by atomic mass is 79.9. The van der Waals surface area contributed by atoms with Crippen LogP contribution in [0.15, 0.2) is 45.3 Å². The van der Waals surface area contributed by atoms with Gasteiger partial charge >= 0.3 is 0 Å². The number of rotatable bonds is 5. The third-order valence-electron chi connectivity index (χ3n) is 2.15. The van der Waals surface area contributed by atoms with Crippen LogP contribution in [0.25, 0.3) is 0 Å². The van der Waals surface area contributed by atoms with Crippen molar-refractivity contribution in [1.29, 1.82) is 0 Å². The summed E-state index contributed by atoms with van der Waals surface area (Å²) in [5.41, 5.74) is 2.39. The smallest absolute Gasteiger partial charge is 0.277 e. The van der Waals surface area contributed by atoms with Crippen LogP contribution in [0.4, 0.5) is 0 Å². The summed E-state index contributed by atoms with van der Waals surface area (Å²) in [5, 5.41) is 6.40. The number of carbonyl (C=O) groups excluding carboxylic acids is 1. The molecule has 0 unspecified atom stereocenters. The van der Waals surface area contributed by atoms with Gasteiger partial charge < -0.3 is 4.74 Å². The fraction of sp³-hybridized carbons (Fsp3) is 0.0769. The lowest BCUT2D eigenvalue weighted by molar-refractivity contribution is -0.123. The van der Waals surface area contributed by atoms with Crippen LogP contribution in [-0.2, 0) is 4.79 Å². The van der Waals surface area contributed by atoms with E-state index in [1.807, 2.05) is 11.4 Å². The number of nitrogens with one attached hydrogen (secondary N) is 1. The lowest BCUT2D eigenvalue weighted by atomic mass is 10.3. The van der Waals surface area contributed by atoms with Gasteiger partial charge in [-0.25, -0.2) is 5.43 Å².